The lowest BCUT2D eigenvalue weighted by atomic mass is 10.2. The third kappa shape index (κ3) is 4.11. The highest BCUT2D eigenvalue weighted by Gasteiger charge is 2.39. The SMILES string of the molecule is COP(=O)(OC)C(CCC(C)=O)C(=O)O. The number of hydrogen-bond donors (Lipinski definition) is 1. The number of ketones is 1. The molecular weight excluding hydrogens is 223 g/mol. The van der Waals surface area contributed by atoms with E-state index in [1.54, 1.807) is 0 Å². The van der Waals surface area contributed by atoms with Gasteiger partial charge in [-0.15, -0.1) is 0 Å². The summed E-state index contributed by atoms with van der Waals surface area (Å²) in [6.45, 7) is 1.34. The molecule has 0 heterocycles. The van der Waals surface area contributed by atoms with Crippen molar-refractivity contribution in [1.82, 2.24) is 0 Å². The van der Waals surface area contributed by atoms with Crippen molar-refractivity contribution in [2.45, 2.75) is 25.4 Å². The van der Waals surface area contributed by atoms with Crippen LogP contribution in [0.4, 0.5) is 0 Å². The van der Waals surface area contributed by atoms with E-state index in [1.165, 1.54) is 6.92 Å². The Bertz CT molecular complexity index is 279. The van der Waals surface area contributed by atoms with Crippen LogP contribution < -0.4 is 0 Å². The van der Waals surface area contributed by atoms with Gasteiger partial charge in [-0.25, -0.2) is 0 Å². The predicted octanol–water partition coefficient (Wildman–Crippen LogP) is 1.29. The molecule has 15 heavy (non-hydrogen) atoms. The fourth-order valence-electron chi connectivity index (χ4n) is 1.09. The summed E-state index contributed by atoms with van der Waals surface area (Å²) >= 11 is 0. The number of carbonyl (C=O) groups is 2. The summed E-state index contributed by atoms with van der Waals surface area (Å²) < 4.78 is 20.9. The van der Waals surface area contributed by atoms with E-state index >= 15 is 0 Å². The van der Waals surface area contributed by atoms with Crippen molar-refractivity contribution in [2.24, 2.45) is 0 Å². The average molecular weight is 238 g/mol. The highest BCUT2D eigenvalue weighted by molar-refractivity contribution is 7.55. The Labute approximate surface area is 88.1 Å². The van der Waals surface area contributed by atoms with E-state index in [4.69, 9.17) is 5.11 Å². The minimum absolute atomic E-state index is 0.0354. The Balaban J connectivity index is 4.72. The minimum Gasteiger partial charge on any atom is -0.481 e. The molecule has 0 saturated heterocycles. The molecule has 0 amide bonds. The van der Waals surface area contributed by atoms with Crippen LogP contribution in [0.3, 0.4) is 0 Å². The lowest BCUT2D eigenvalue weighted by Gasteiger charge is -2.20. The van der Waals surface area contributed by atoms with Gasteiger partial charge in [0.25, 0.3) is 0 Å². The third-order valence-electron chi connectivity index (χ3n) is 1.95. The molecule has 0 fully saturated rings. The van der Waals surface area contributed by atoms with Gasteiger partial charge in [0.15, 0.2) is 5.66 Å². The Kier molecular flexibility index (Phi) is 5.72. The predicted molar refractivity (Wildman–Crippen MR) is 53.0 cm³/mol. The number of carboxylic acid groups (broad SMARTS) is 1. The van der Waals surface area contributed by atoms with Crippen molar-refractivity contribution >= 4 is 19.3 Å². The smallest absolute Gasteiger partial charge is 0.344 e. The van der Waals surface area contributed by atoms with Gasteiger partial charge in [-0.2, -0.15) is 0 Å². The van der Waals surface area contributed by atoms with Gasteiger partial charge in [-0.3, -0.25) is 9.36 Å². The summed E-state index contributed by atoms with van der Waals surface area (Å²) in [5, 5.41) is 8.84. The first-order valence-corrected chi connectivity index (χ1v) is 5.92. The van der Waals surface area contributed by atoms with Gasteiger partial charge in [-0.1, -0.05) is 0 Å². The molecule has 0 bridgehead atoms. The monoisotopic (exact) mass is 238 g/mol. The maximum atomic E-state index is 11.8. The normalized spacial score (nSPS) is 13.5. The molecule has 6 nitrogen and oxygen atoms in total. The van der Waals surface area contributed by atoms with Crippen molar-refractivity contribution in [3.8, 4) is 0 Å². The van der Waals surface area contributed by atoms with Gasteiger partial charge < -0.3 is 18.9 Å². The molecule has 0 aromatic heterocycles. The van der Waals surface area contributed by atoms with Gasteiger partial charge in [0.1, 0.15) is 5.78 Å². The first-order chi connectivity index (χ1) is 6.87. The summed E-state index contributed by atoms with van der Waals surface area (Å²) in [6, 6.07) is 0. The first-order valence-electron chi connectivity index (χ1n) is 4.30. The van der Waals surface area contributed by atoms with Gasteiger partial charge in [-0.05, 0) is 13.3 Å². The number of hydrogen-bond acceptors (Lipinski definition) is 5. The standard InChI is InChI=1S/C8H15O6P/c1-6(9)4-5-7(8(10)11)15(12,13-2)14-3/h7H,4-5H2,1-3H3,(H,10,11). The summed E-state index contributed by atoms with van der Waals surface area (Å²) in [6.07, 6.45) is -0.0166. The Morgan fingerprint density at radius 3 is 2.07 bits per heavy atom. The Morgan fingerprint density at radius 1 is 1.33 bits per heavy atom. The number of carboxylic acids is 1. The van der Waals surface area contributed by atoms with E-state index < -0.39 is 19.2 Å². The number of Topliss-reactive ketones (excluding diaryl/α,β-unsaturated/α-hetero) is 1. The summed E-state index contributed by atoms with van der Waals surface area (Å²) in [5.74, 6) is -1.46. The van der Waals surface area contributed by atoms with Crippen LogP contribution in [0, 0.1) is 0 Å². The van der Waals surface area contributed by atoms with E-state index in [0.29, 0.717) is 0 Å². The highest BCUT2D eigenvalue weighted by Crippen LogP contribution is 2.53. The molecule has 88 valence electrons. The van der Waals surface area contributed by atoms with Gasteiger partial charge in [0, 0.05) is 20.6 Å². The molecule has 0 spiro atoms. The fraction of sp³-hybridized carbons (Fsp3) is 0.750. The Hall–Kier alpha value is -0.710. The van der Waals surface area contributed by atoms with Crippen LogP contribution in [0.15, 0.2) is 0 Å². The minimum atomic E-state index is -3.66. The van der Waals surface area contributed by atoms with E-state index in [2.05, 4.69) is 9.05 Å². The highest BCUT2D eigenvalue weighted by atomic mass is 31.2. The second kappa shape index (κ2) is 6.00. The van der Waals surface area contributed by atoms with Crippen molar-refractivity contribution in [3.05, 3.63) is 0 Å². The van der Waals surface area contributed by atoms with Crippen LogP contribution in [-0.2, 0) is 23.2 Å². The number of rotatable bonds is 7. The zero-order valence-electron chi connectivity index (χ0n) is 8.93. The maximum Gasteiger partial charge on any atom is 0.344 e. The van der Waals surface area contributed by atoms with Crippen molar-refractivity contribution < 1.29 is 28.3 Å². The van der Waals surface area contributed by atoms with Crippen LogP contribution in [0.2, 0.25) is 0 Å². The van der Waals surface area contributed by atoms with Crippen LogP contribution in [0.1, 0.15) is 19.8 Å². The summed E-state index contributed by atoms with van der Waals surface area (Å²) in [7, 11) is -1.42. The zero-order valence-corrected chi connectivity index (χ0v) is 9.82. The molecule has 0 radical (unpaired) electrons. The molecule has 1 atom stereocenters. The van der Waals surface area contributed by atoms with Crippen molar-refractivity contribution in [2.75, 3.05) is 14.2 Å². The molecule has 0 aliphatic heterocycles. The number of aliphatic carboxylic acids is 1. The van der Waals surface area contributed by atoms with Gasteiger partial charge >= 0.3 is 13.6 Å². The van der Waals surface area contributed by atoms with E-state index in [1.807, 2.05) is 0 Å². The Morgan fingerprint density at radius 2 is 1.80 bits per heavy atom. The van der Waals surface area contributed by atoms with Gasteiger partial charge in [0.05, 0.1) is 0 Å². The molecule has 0 rings (SSSR count). The van der Waals surface area contributed by atoms with Crippen LogP contribution in [-0.4, -0.2) is 36.7 Å². The largest absolute Gasteiger partial charge is 0.481 e. The maximum absolute atomic E-state index is 11.8. The molecule has 0 aliphatic carbocycles. The van der Waals surface area contributed by atoms with E-state index in [0.717, 1.165) is 14.2 Å². The quantitative estimate of drug-likeness (QED) is 0.672. The molecule has 1 unspecified atom stereocenters. The van der Waals surface area contributed by atoms with Gasteiger partial charge in [0.2, 0.25) is 0 Å². The first kappa shape index (κ1) is 14.3. The molecule has 1 N–H and O–H groups in total. The molecule has 0 aromatic carbocycles. The molecule has 7 heteroatoms. The summed E-state index contributed by atoms with van der Waals surface area (Å²) in [5.41, 5.74) is -1.30. The molecular formula is C8H15O6P. The lowest BCUT2D eigenvalue weighted by molar-refractivity contribution is -0.137. The zero-order chi connectivity index (χ0) is 12.1. The third-order valence-corrected chi connectivity index (χ3v) is 4.21. The molecule has 0 saturated carbocycles. The van der Waals surface area contributed by atoms with Crippen molar-refractivity contribution in [1.29, 1.82) is 0 Å². The number of carbonyl (C=O) groups excluding carboxylic acids is 1. The average Bonchev–Trinajstić information content (AvgIpc) is 2.16. The van der Waals surface area contributed by atoms with Crippen molar-refractivity contribution in [3.63, 3.8) is 0 Å². The summed E-state index contributed by atoms with van der Waals surface area (Å²) in [4.78, 5) is 21.5. The van der Waals surface area contributed by atoms with Crippen LogP contribution in [0.5, 0.6) is 0 Å². The second-order valence-electron chi connectivity index (χ2n) is 3.00. The van der Waals surface area contributed by atoms with E-state index in [9.17, 15) is 14.2 Å². The second-order valence-corrected chi connectivity index (χ2v) is 5.43. The van der Waals surface area contributed by atoms with Crippen LogP contribution in [0.25, 0.3) is 0 Å². The topological polar surface area (TPSA) is 89.9 Å². The van der Waals surface area contributed by atoms with E-state index in [-0.39, 0.29) is 18.6 Å². The molecule has 0 aliphatic rings. The fourth-order valence-corrected chi connectivity index (χ4v) is 2.46. The lowest BCUT2D eigenvalue weighted by Crippen LogP contribution is -2.22. The molecule has 0 aromatic rings. The van der Waals surface area contributed by atoms with Crippen LogP contribution >= 0.6 is 7.60 Å².